The van der Waals surface area contributed by atoms with Gasteiger partial charge in [-0.25, -0.2) is 0 Å². The second-order valence-corrected chi connectivity index (χ2v) is 7.27. The molecule has 1 aromatic heterocycles. The van der Waals surface area contributed by atoms with E-state index < -0.39 is 16.9 Å². The smallest absolute Gasteiger partial charge is 0.310 e. The zero-order valence-electron chi connectivity index (χ0n) is 13.7. The minimum absolute atomic E-state index is 0.120. The Morgan fingerprint density at radius 1 is 1.08 bits per heavy atom. The number of aromatic nitrogens is 1. The number of hydrogen-bond acceptors (Lipinski definition) is 5. The Bertz CT molecular complexity index is 945. The summed E-state index contributed by atoms with van der Waals surface area (Å²) < 4.78 is 20.1. The first-order chi connectivity index (χ1) is 12.5. The van der Waals surface area contributed by atoms with Crippen LogP contribution in [0.3, 0.4) is 0 Å². The van der Waals surface area contributed by atoms with Crippen LogP contribution in [0.2, 0.25) is 5.02 Å². The standard InChI is InChI=1S/C18H15ClN2O4S/c1-20(17-3-2-12-21(23)18(17)22)26(24)16-10-8-15(9-11-16)25-14-6-4-13(19)5-7-14/h2-12,23H,1H3. The third-order valence-electron chi connectivity index (χ3n) is 3.57. The van der Waals surface area contributed by atoms with Gasteiger partial charge in [-0.1, -0.05) is 11.6 Å². The average molecular weight is 391 g/mol. The fraction of sp³-hybridized carbons (Fsp3) is 0.0556. The van der Waals surface area contributed by atoms with Crippen LogP contribution in [0, 0.1) is 0 Å². The fourth-order valence-corrected chi connectivity index (χ4v) is 3.35. The molecule has 0 saturated carbocycles. The Kier molecular flexibility index (Phi) is 5.41. The summed E-state index contributed by atoms with van der Waals surface area (Å²) in [5.41, 5.74) is -0.527. The van der Waals surface area contributed by atoms with E-state index in [1.54, 1.807) is 48.5 Å². The van der Waals surface area contributed by atoms with E-state index in [1.807, 2.05) is 0 Å². The molecule has 3 rings (SSSR count). The summed E-state index contributed by atoms with van der Waals surface area (Å²) in [6.07, 6.45) is 1.21. The zero-order chi connectivity index (χ0) is 18.7. The Labute approximate surface area is 158 Å². The first-order valence-electron chi connectivity index (χ1n) is 7.56. The van der Waals surface area contributed by atoms with Gasteiger partial charge in [0, 0.05) is 11.2 Å². The summed E-state index contributed by atoms with van der Waals surface area (Å²) in [5, 5.41) is 10.1. The lowest BCUT2D eigenvalue weighted by molar-refractivity contribution is 0.175. The zero-order valence-corrected chi connectivity index (χ0v) is 15.3. The Hall–Kier alpha value is -2.61. The Morgan fingerprint density at radius 3 is 2.27 bits per heavy atom. The van der Waals surface area contributed by atoms with E-state index >= 15 is 0 Å². The third kappa shape index (κ3) is 3.96. The highest BCUT2D eigenvalue weighted by Gasteiger charge is 2.22. The van der Waals surface area contributed by atoms with Gasteiger partial charge in [0.05, 0.1) is 7.05 Å². The number of ether oxygens (including phenoxy) is 1. The average Bonchev–Trinajstić information content (AvgIpc) is 2.65. The van der Waals surface area contributed by atoms with E-state index in [4.69, 9.17) is 16.3 Å². The van der Waals surface area contributed by atoms with Crippen LogP contribution >= 0.6 is 11.6 Å². The van der Waals surface area contributed by atoms with Crippen LogP contribution < -0.4 is 14.6 Å². The van der Waals surface area contributed by atoms with Crippen molar-refractivity contribution in [3.05, 3.63) is 82.2 Å². The highest BCUT2D eigenvalue weighted by atomic mass is 35.5. The second-order valence-electron chi connectivity index (χ2n) is 5.32. The van der Waals surface area contributed by atoms with Gasteiger partial charge < -0.3 is 14.5 Å². The maximum Gasteiger partial charge on any atom is 0.310 e. The van der Waals surface area contributed by atoms with Gasteiger partial charge >= 0.3 is 5.56 Å². The van der Waals surface area contributed by atoms with E-state index in [9.17, 15) is 14.6 Å². The first kappa shape index (κ1) is 18.2. The molecule has 0 aliphatic rings. The summed E-state index contributed by atoms with van der Waals surface area (Å²) in [7, 11) is 1.52. The molecule has 0 spiro atoms. The predicted molar refractivity (Wildman–Crippen MR) is 101 cm³/mol. The van der Waals surface area contributed by atoms with E-state index in [-0.39, 0.29) is 5.69 Å². The van der Waals surface area contributed by atoms with Gasteiger partial charge in [-0.15, -0.1) is 0 Å². The first-order valence-corrected chi connectivity index (χ1v) is 9.04. The van der Waals surface area contributed by atoms with E-state index in [1.165, 1.54) is 29.7 Å². The fourth-order valence-electron chi connectivity index (χ4n) is 2.22. The van der Waals surface area contributed by atoms with Crippen LogP contribution in [0.15, 0.2) is 76.6 Å². The number of halogens is 1. The van der Waals surface area contributed by atoms with Crippen molar-refractivity contribution in [2.24, 2.45) is 0 Å². The molecule has 0 aliphatic heterocycles. The molecule has 0 saturated heterocycles. The van der Waals surface area contributed by atoms with Crippen LogP contribution in [0.1, 0.15) is 0 Å². The Morgan fingerprint density at radius 2 is 1.65 bits per heavy atom. The van der Waals surface area contributed by atoms with Crippen molar-refractivity contribution in [3.8, 4) is 11.5 Å². The SMILES string of the molecule is CN(c1cccn(O)c1=O)[S+]([O-])c1ccc(Oc2ccc(Cl)cc2)cc1. The minimum Gasteiger partial charge on any atom is -0.588 e. The van der Waals surface area contributed by atoms with Crippen LogP contribution in [0.4, 0.5) is 5.69 Å². The molecular weight excluding hydrogens is 376 g/mol. The maximum atomic E-state index is 12.7. The van der Waals surface area contributed by atoms with E-state index in [2.05, 4.69) is 0 Å². The molecule has 6 nitrogen and oxygen atoms in total. The van der Waals surface area contributed by atoms with Crippen molar-refractivity contribution in [1.29, 1.82) is 0 Å². The molecule has 2 aromatic carbocycles. The van der Waals surface area contributed by atoms with Gasteiger partial charge in [0.2, 0.25) is 0 Å². The number of rotatable bonds is 5. The lowest BCUT2D eigenvalue weighted by Crippen LogP contribution is -2.33. The van der Waals surface area contributed by atoms with Gasteiger partial charge in [0.15, 0.2) is 10.6 Å². The number of pyridine rings is 1. The second kappa shape index (κ2) is 7.74. The molecule has 0 bridgehead atoms. The van der Waals surface area contributed by atoms with E-state index in [0.29, 0.717) is 26.1 Å². The van der Waals surface area contributed by atoms with Crippen molar-refractivity contribution in [1.82, 2.24) is 4.73 Å². The summed E-state index contributed by atoms with van der Waals surface area (Å²) in [6.45, 7) is 0. The van der Waals surface area contributed by atoms with Crippen LogP contribution in [-0.4, -0.2) is 21.5 Å². The third-order valence-corrected chi connectivity index (χ3v) is 5.19. The summed E-state index contributed by atoms with van der Waals surface area (Å²) in [6, 6.07) is 16.6. The van der Waals surface area contributed by atoms with Gasteiger partial charge in [-0.05, 0) is 60.7 Å². The molecule has 1 heterocycles. The van der Waals surface area contributed by atoms with Crippen molar-refractivity contribution in [3.63, 3.8) is 0 Å². The van der Waals surface area contributed by atoms with Gasteiger partial charge in [-0.2, -0.15) is 9.04 Å². The van der Waals surface area contributed by atoms with Gasteiger partial charge in [-0.3, -0.25) is 4.79 Å². The van der Waals surface area contributed by atoms with Crippen molar-refractivity contribution >= 4 is 28.7 Å². The molecule has 1 unspecified atom stereocenters. The van der Waals surface area contributed by atoms with Gasteiger partial charge in [0.25, 0.3) is 0 Å². The monoisotopic (exact) mass is 390 g/mol. The summed E-state index contributed by atoms with van der Waals surface area (Å²) in [4.78, 5) is 12.4. The predicted octanol–water partition coefficient (Wildman–Crippen LogP) is 3.69. The maximum absolute atomic E-state index is 12.7. The van der Waals surface area contributed by atoms with Crippen LogP contribution in [0.25, 0.3) is 0 Å². The molecule has 134 valence electrons. The molecule has 1 atom stereocenters. The molecule has 0 aliphatic carbocycles. The Balaban J connectivity index is 1.76. The van der Waals surface area contributed by atoms with Gasteiger partial charge in [0.1, 0.15) is 22.9 Å². The normalized spacial score (nSPS) is 11.8. The number of nitrogens with zero attached hydrogens (tertiary/aromatic N) is 2. The lowest BCUT2D eigenvalue weighted by atomic mass is 10.3. The summed E-state index contributed by atoms with van der Waals surface area (Å²) >= 11 is 4.22. The largest absolute Gasteiger partial charge is 0.588 e. The molecule has 8 heteroatoms. The van der Waals surface area contributed by atoms with Crippen molar-refractivity contribution in [2.45, 2.75) is 4.90 Å². The van der Waals surface area contributed by atoms with Crippen LogP contribution in [-0.2, 0) is 11.4 Å². The molecule has 0 amide bonds. The topological polar surface area (TPSA) is 77.8 Å². The highest BCUT2D eigenvalue weighted by molar-refractivity contribution is 7.92. The number of benzene rings is 2. The minimum atomic E-state index is -1.62. The molecule has 3 aromatic rings. The lowest BCUT2D eigenvalue weighted by Gasteiger charge is -2.21. The molecule has 1 N–H and O–H groups in total. The quantitative estimate of drug-likeness (QED) is 0.531. The number of anilines is 1. The number of hydrogen-bond donors (Lipinski definition) is 1. The van der Waals surface area contributed by atoms with Crippen molar-refractivity contribution in [2.75, 3.05) is 11.4 Å². The molecular formula is C18H15ClN2O4S. The van der Waals surface area contributed by atoms with Crippen molar-refractivity contribution < 1.29 is 14.5 Å². The summed E-state index contributed by atoms with van der Waals surface area (Å²) in [5.74, 6) is 1.21. The molecule has 26 heavy (non-hydrogen) atoms. The molecule has 0 fully saturated rings. The highest BCUT2D eigenvalue weighted by Crippen LogP contribution is 2.26. The molecule has 0 radical (unpaired) electrons. The van der Waals surface area contributed by atoms with E-state index in [0.717, 1.165) is 0 Å². The van der Waals surface area contributed by atoms with Crippen LogP contribution in [0.5, 0.6) is 11.5 Å².